The first kappa shape index (κ1) is 17.9. The first-order chi connectivity index (χ1) is 8.15. The lowest BCUT2D eigenvalue weighted by Crippen LogP contribution is -2.21. The summed E-state index contributed by atoms with van der Waals surface area (Å²) in [6.45, 7) is 13.0. The number of aromatic hydroxyl groups is 1. The molecule has 0 amide bonds. The van der Waals surface area contributed by atoms with Crippen LogP contribution in [-0.4, -0.2) is 34.7 Å². The lowest BCUT2D eigenvalue weighted by molar-refractivity contribution is 0.321. The van der Waals surface area contributed by atoms with Crippen molar-refractivity contribution in [3.05, 3.63) is 43.2 Å². The Balaban J connectivity index is 0. The van der Waals surface area contributed by atoms with Crippen molar-refractivity contribution in [3.63, 3.8) is 0 Å². The summed E-state index contributed by atoms with van der Waals surface area (Å²) < 4.78 is 0. The summed E-state index contributed by atoms with van der Waals surface area (Å²) >= 11 is 0. The molecule has 0 saturated heterocycles. The van der Waals surface area contributed by atoms with Crippen molar-refractivity contribution in [2.45, 2.75) is 20.8 Å². The number of phenolic OH excluding ortho intramolecular Hbond substituents is 1. The van der Waals surface area contributed by atoms with E-state index < -0.39 is 0 Å². The highest BCUT2D eigenvalue weighted by Gasteiger charge is 1.89. The molecule has 0 radical (unpaired) electrons. The number of benzene rings is 1. The number of rotatable bonds is 3. The van der Waals surface area contributed by atoms with Gasteiger partial charge in [0.1, 0.15) is 5.75 Å². The number of aliphatic hydroxyl groups excluding tert-OH is 1. The van der Waals surface area contributed by atoms with E-state index in [0.29, 0.717) is 5.75 Å². The Morgan fingerprint density at radius 2 is 1.41 bits per heavy atom. The summed E-state index contributed by atoms with van der Waals surface area (Å²) in [5.41, 5.74) is 0. The first-order valence-electron chi connectivity index (χ1n) is 5.87. The molecule has 0 aromatic heterocycles. The van der Waals surface area contributed by atoms with Crippen LogP contribution in [0.2, 0.25) is 0 Å². The van der Waals surface area contributed by atoms with Gasteiger partial charge in [-0.3, -0.25) is 0 Å². The van der Waals surface area contributed by atoms with Gasteiger partial charge in [0.05, 0.1) is 6.26 Å². The fourth-order valence-corrected chi connectivity index (χ4v) is 1.10. The predicted octanol–water partition coefficient (Wildman–Crippen LogP) is 3.43. The monoisotopic (exact) mass is 239 g/mol. The second-order valence-electron chi connectivity index (χ2n) is 3.14. The lowest BCUT2D eigenvalue weighted by atomic mass is 10.3. The molecule has 1 aromatic rings. The zero-order valence-corrected chi connectivity index (χ0v) is 11.1. The van der Waals surface area contributed by atoms with Crippen molar-refractivity contribution >= 4 is 0 Å². The number of hydrogen-bond acceptors (Lipinski definition) is 3. The van der Waals surface area contributed by atoms with Crippen LogP contribution in [0, 0.1) is 0 Å². The van der Waals surface area contributed by atoms with Crippen molar-refractivity contribution in [2.75, 3.05) is 19.6 Å². The summed E-state index contributed by atoms with van der Waals surface area (Å²) in [5.74, 6) is 0.322. The average Bonchev–Trinajstić information content (AvgIpc) is 2.34. The number of phenols is 1. The molecule has 98 valence electrons. The SMILES string of the molecule is C=CO.CCN(CC)CC.Oc1ccccc1. The Morgan fingerprint density at radius 3 is 1.53 bits per heavy atom. The molecule has 3 nitrogen and oxygen atoms in total. The molecule has 0 atom stereocenters. The van der Waals surface area contributed by atoms with E-state index in [2.05, 4.69) is 32.3 Å². The van der Waals surface area contributed by atoms with Crippen LogP contribution in [-0.2, 0) is 0 Å². The Morgan fingerprint density at radius 1 is 1.06 bits per heavy atom. The normalized spacial score (nSPS) is 8.47. The van der Waals surface area contributed by atoms with Crippen LogP contribution < -0.4 is 0 Å². The number of hydrogen-bond donors (Lipinski definition) is 2. The van der Waals surface area contributed by atoms with Crippen LogP contribution in [0.3, 0.4) is 0 Å². The van der Waals surface area contributed by atoms with Gasteiger partial charge in [0.15, 0.2) is 0 Å². The molecular weight excluding hydrogens is 214 g/mol. The van der Waals surface area contributed by atoms with Gasteiger partial charge in [-0.25, -0.2) is 0 Å². The molecule has 0 aliphatic rings. The molecular formula is C14H25NO2. The molecule has 0 aliphatic carbocycles. The highest BCUT2D eigenvalue weighted by atomic mass is 16.3. The Bertz CT molecular complexity index is 240. The van der Waals surface area contributed by atoms with Crippen LogP contribution in [0.25, 0.3) is 0 Å². The van der Waals surface area contributed by atoms with Crippen molar-refractivity contribution < 1.29 is 10.2 Å². The van der Waals surface area contributed by atoms with Gasteiger partial charge in [0.2, 0.25) is 0 Å². The third-order valence-electron chi connectivity index (χ3n) is 2.10. The van der Waals surface area contributed by atoms with Crippen LogP contribution in [0.5, 0.6) is 5.75 Å². The van der Waals surface area contributed by atoms with Crippen LogP contribution in [0.1, 0.15) is 20.8 Å². The molecule has 0 heterocycles. The van der Waals surface area contributed by atoms with Crippen molar-refractivity contribution in [1.29, 1.82) is 0 Å². The second kappa shape index (κ2) is 14.5. The van der Waals surface area contributed by atoms with Gasteiger partial charge < -0.3 is 15.1 Å². The summed E-state index contributed by atoms with van der Waals surface area (Å²) in [7, 11) is 0. The molecule has 0 unspecified atom stereocenters. The van der Waals surface area contributed by atoms with E-state index in [1.165, 1.54) is 19.6 Å². The van der Waals surface area contributed by atoms with Gasteiger partial charge >= 0.3 is 0 Å². The van der Waals surface area contributed by atoms with Crippen molar-refractivity contribution in [1.82, 2.24) is 4.90 Å². The minimum atomic E-state index is 0.322. The third kappa shape index (κ3) is 14.5. The fraction of sp³-hybridized carbons (Fsp3) is 0.429. The van der Waals surface area contributed by atoms with Gasteiger partial charge in [0.25, 0.3) is 0 Å². The van der Waals surface area contributed by atoms with E-state index in [1.807, 2.05) is 6.07 Å². The number of nitrogens with zero attached hydrogens (tertiary/aromatic N) is 1. The minimum absolute atomic E-state index is 0.322. The Kier molecular flexibility index (Phi) is 15.3. The lowest BCUT2D eigenvalue weighted by Gasteiger charge is -2.13. The second-order valence-corrected chi connectivity index (χ2v) is 3.14. The number of para-hydroxylation sites is 1. The Hall–Kier alpha value is -1.48. The van der Waals surface area contributed by atoms with Crippen LogP contribution in [0.4, 0.5) is 0 Å². The fourth-order valence-electron chi connectivity index (χ4n) is 1.10. The van der Waals surface area contributed by atoms with E-state index in [4.69, 9.17) is 10.2 Å². The van der Waals surface area contributed by atoms with E-state index in [-0.39, 0.29) is 0 Å². The van der Waals surface area contributed by atoms with Gasteiger partial charge in [-0.05, 0) is 31.8 Å². The first-order valence-corrected chi connectivity index (χ1v) is 5.87. The summed E-state index contributed by atoms with van der Waals surface area (Å²) in [4.78, 5) is 2.38. The third-order valence-corrected chi connectivity index (χ3v) is 2.10. The zero-order chi connectivity index (χ0) is 13.5. The molecule has 1 rings (SSSR count). The van der Waals surface area contributed by atoms with Crippen LogP contribution >= 0.6 is 0 Å². The maximum Gasteiger partial charge on any atom is 0.115 e. The summed E-state index contributed by atoms with van der Waals surface area (Å²) in [6, 6.07) is 8.71. The maximum absolute atomic E-state index is 8.63. The molecule has 0 aliphatic heterocycles. The molecule has 17 heavy (non-hydrogen) atoms. The smallest absolute Gasteiger partial charge is 0.115 e. The minimum Gasteiger partial charge on any atom is -0.516 e. The van der Waals surface area contributed by atoms with Gasteiger partial charge in [0, 0.05) is 0 Å². The molecule has 0 bridgehead atoms. The predicted molar refractivity (Wildman–Crippen MR) is 74.4 cm³/mol. The quantitative estimate of drug-likeness (QED) is 0.794. The van der Waals surface area contributed by atoms with Gasteiger partial charge in [-0.15, -0.1) is 0 Å². The molecule has 2 N–H and O–H groups in total. The molecule has 1 aromatic carbocycles. The summed E-state index contributed by atoms with van der Waals surface area (Å²) in [6.07, 6.45) is 0.750. The van der Waals surface area contributed by atoms with E-state index in [9.17, 15) is 0 Å². The van der Waals surface area contributed by atoms with Gasteiger partial charge in [-0.2, -0.15) is 0 Å². The standard InChI is InChI=1S/C6H15N.C6H6O.C2H4O/c1-4-7(5-2)6-3;7-6-4-2-1-3-5-6;1-2-3/h4-6H2,1-3H3;1-5,7H;2-3H,1H2. The Labute approximate surface area is 105 Å². The highest BCUT2D eigenvalue weighted by molar-refractivity contribution is 5.18. The van der Waals surface area contributed by atoms with Crippen LogP contribution in [0.15, 0.2) is 43.2 Å². The average molecular weight is 239 g/mol. The van der Waals surface area contributed by atoms with E-state index >= 15 is 0 Å². The van der Waals surface area contributed by atoms with E-state index in [0.717, 1.165) is 6.26 Å². The zero-order valence-electron chi connectivity index (χ0n) is 11.1. The van der Waals surface area contributed by atoms with Crippen molar-refractivity contribution in [2.24, 2.45) is 0 Å². The molecule has 0 saturated carbocycles. The molecule has 3 heteroatoms. The largest absolute Gasteiger partial charge is 0.516 e. The molecule has 0 spiro atoms. The maximum atomic E-state index is 8.63. The summed E-state index contributed by atoms with van der Waals surface area (Å²) in [5, 5.41) is 16.0. The number of aliphatic hydroxyl groups is 1. The topological polar surface area (TPSA) is 43.7 Å². The van der Waals surface area contributed by atoms with Crippen molar-refractivity contribution in [3.8, 4) is 5.75 Å². The molecule has 0 fully saturated rings. The van der Waals surface area contributed by atoms with E-state index in [1.54, 1.807) is 24.3 Å². The highest BCUT2D eigenvalue weighted by Crippen LogP contribution is 2.02. The van der Waals surface area contributed by atoms with Gasteiger partial charge in [-0.1, -0.05) is 45.5 Å².